The molecule has 2 aromatic heterocycles. The van der Waals surface area contributed by atoms with E-state index in [2.05, 4.69) is 15.1 Å². The van der Waals surface area contributed by atoms with Crippen molar-refractivity contribution in [2.45, 2.75) is 38.5 Å². The van der Waals surface area contributed by atoms with Crippen molar-refractivity contribution in [1.29, 1.82) is 0 Å². The highest BCUT2D eigenvalue weighted by molar-refractivity contribution is 6.44. The minimum atomic E-state index is -0.295. The molecule has 2 unspecified atom stereocenters. The van der Waals surface area contributed by atoms with Crippen LogP contribution in [0.3, 0.4) is 0 Å². The van der Waals surface area contributed by atoms with Crippen LogP contribution in [-0.2, 0) is 11.3 Å². The van der Waals surface area contributed by atoms with Crippen LogP contribution in [0.15, 0.2) is 18.2 Å². The number of ether oxygens (including phenoxy) is 1. The SMILES string of the molecule is CC1OCC2(CCN(c3nc(N)c(-c4cccc(Cl)c4Cl)c4nnc(CO)n34)CC2)C1N. The van der Waals surface area contributed by atoms with E-state index >= 15 is 0 Å². The fraction of sp³-hybridized carbons (Fsp3) is 0.476. The Hall–Kier alpha value is -2.17. The van der Waals surface area contributed by atoms with Gasteiger partial charge in [0.05, 0.1) is 28.3 Å². The van der Waals surface area contributed by atoms with Crippen molar-refractivity contribution in [2.75, 3.05) is 30.3 Å². The van der Waals surface area contributed by atoms with Gasteiger partial charge >= 0.3 is 0 Å². The highest BCUT2D eigenvalue weighted by atomic mass is 35.5. The summed E-state index contributed by atoms with van der Waals surface area (Å²) in [7, 11) is 0. The molecule has 2 atom stereocenters. The highest BCUT2D eigenvalue weighted by Crippen LogP contribution is 2.43. The van der Waals surface area contributed by atoms with Gasteiger partial charge in [0.15, 0.2) is 11.5 Å². The summed E-state index contributed by atoms with van der Waals surface area (Å²) in [5, 5.41) is 19.2. The first-order chi connectivity index (χ1) is 15.4. The first kappa shape index (κ1) is 21.7. The third kappa shape index (κ3) is 3.22. The molecule has 1 spiro atoms. The number of nitrogen functional groups attached to an aromatic ring is 1. The topological polar surface area (TPSA) is 128 Å². The van der Waals surface area contributed by atoms with Crippen molar-refractivity contribution < 1.29 is 9.84 Å². The number of anilines is 2. The molecule has 32 heavy (non-hydrogen) atoms. The molecule has 2 aliphatic heterocycles. The maximum Gasteiger partial charge on any atom is 0.214 e. The molecule has 0 aliphatic carbocycles. The van der Waals surface area contributed by atoms with E-state index in [4.69, 9.17) is 44.4 Å². The van der Waals surface area contributed by atoms with Crippen molar-refractivity contribution in [3.05, 3.63) is 34.1 Å². The van der Waals surface area contributed by atoms with Crippen LogP contribution in [-0.4, -0.2) is 56.5 Å². The average molecular weight is 478 g/mol. The normalized spacial score (nSPS) is 22.8. The van der Waals surface area contributed by atoms with E-state index in [9.17, 15) is 5.11 Å². The Labute approximate surface area is 195 Å². The summed E-state index contributed by atoms with van der Waals surface area (Å²) in [6.45, 7) is 3.87. The van der Waals surface area contributed by atoms with Gasteiger partial charge in [-0.25, -0.2) is 4.40 Å². The van der Waals surface area contributed by atoms with E-state index in [0.717, 1.165) is 25.9 Å². The van der Waals surface area contributed by atoms with E-state index in [1.165, 1.54) is 0 Å². The van der Waals surface area contributed by atoms with Crippen LogP contribution in [0.2, 0.25) is 10.0 Å². The number of piperidine rings is 1. The molecule has 2 aliphatic rings. The molecule has 4 heterocycles. The summed E-state index contributed by atoms with van der Waals surface area (Å²) >= 11 is 12.7. The smallest absolute Gasteiger partial charge is 0.214 e. The van der Waals surface area contributed by atoms with Crippen molar-refractivity contribution in [3.63, 3.8) is 0 Å². The summed E-state index contributed by atoms with van der Waals surface area (Å²) in [5.41, 5.74) is 14.5. The second-order valence-electron chi connectivity index (χ2n) is 8.60. The number of halogens is 2. The number of nitrogens with two attached hydrogens (primary N) is 2. The van der Waals surface area contributed by atoms with Crippen LogP contribution in [0.1, 0.15) is 25.6 Å². The molecule has 5 N–H and O–H groups in total. The fourth-order valence-electron chi connectivity index (χ4n) is 4.91. The Balaban J connectivity index is 1.58. The summed E-state index contributed by atoms with van der Waals surface area (Å²) in [5.74, 6) is 1.23. The molecule has 2 fully saturated rings. The number of aromatic nitrogens is 4. The third-order valence-electron chi connectivity index (χ3n) is 6.88. The van der Waals surface area contributed by atoms with Gasteiger partial charge in [-0.15, -0.1) is 10.2 Å². The third-order valence-corrected chi connectivity index (χ3v) is 7.70. The minimum Gasteiger partial charge on any atom is -0.388 e. The van der Waals surface area contributed by atoms with Gasteiger partial charge < -0.3 is 26.2 Å². The first-order valence-electron chi connectivity index (χ1n) is 10.6. The standard InChI is InChI=1S/C21H25Cl2N7O2/c1-11-17(24)21(10-32-11)5-7-29(8-6-21)20-26-18(25)15(12-3-2-4-13(22)16(12)23)19-28-27-14(9-31)30(19)20/h2-4,11,17,31H,5-10,24-25H2,1H3. The predicted molar refractivity (Wildman–Crippen MR) is 124 cm³/mol. The van der Waals surface area contributed by atoms with E-state index in [1.807, 2.05) is 13.0 Å². The Morgan fingerprint density at radius 3 is 2.66 bits per heavy atom. The predicted octanol–water partition coefficient (Wildman–Crippen LogP) is 2.51. The molecule has 170 valence electrons. The Bertz CT molecular complexity index is 1180. The van der Waals surface area contributed by atoms with Gasteiger partial charge in [0, 0.05) is 30.1 Å². The highest BCUT2D eigenvalue weighted by Gasteiger charge is 2.48. The Morgan fingerprint density at radius 1 is 1.25 bits per heavy atom. The first-order valence-corrected chi connectivity index (χ1v) is 11.3. The average Bonchev–Trinajstić information content (AvgIpc) is 3.33. The quantitative estimate of drug-likeness (QED) is 0.524. The van der Waals surface area contributed by atoms with E-state index in [-0.39, 0.29) is 30.0 Å². The van der Waals surface area contributed by atoms with E-state index < -0.39 is 0 Å². The number of aliphatic hydroxyl groups is 1. The minimum absolute atomic E-state index is 0.0120. The molecule has 0 amide bonds. The van der Waals surface area contributed by atoms with Crippen molar-refractivity contribution in [1.82, 2.24) is 19.6 Å². The summed E-state index contributed by atoms with van der Waals surface area (Å²) in [6.07, 6.45) is 1.81. The molecule has 0 radical (unpaired) electrons. The maximum atomic E-state index is 9.93. The zero-order valence-corrected chi connectivity index (χ0v) is 19.1. The summed E-state index contributed by atoms with van der Waals surface area (Å²) in [4.78, 5) is 6.85. The largest absolute Gasteiger partial charge is 0.388 e. The summed E-state index contributed by atoms with van der Waals surface area (Å²) in [6, 6.07) is 5.31. The van der Waals surface area contributed by atoms with Crippen molar-refractivity contribution >= 4 is 40.6 Å². The molecule has 2 saturated heterocycles. The number of fused-ring (bicyclic) bond motifs is 1. The Kier molecular flexibility index (Phi) is 5.42. The van der Waals surface area contributed by atoms with Gasteiger partial charge in [-0.3, -0.25) is 0 Å². The number of hydrogen-bond donors (Lipinski definition) is 3. The number of benzene rings is 1. The molecular formula is C21H25Cl2N7O2. The van der Waals surface area contributed by atoms with Crippen LogP contribution in [0.5, 0.6) is 0 Å². The van der Waals surface area contributed by atoms with Crippen LogP contribution in [0.25, 0.3) is 16.8 Å². The van der Waals surface area contributed by atoms with Gasteiger partial charge in [0.2, 0.25) is 5.95 Å². The molecule has 5 rings (SSSR count). The number of aliphatic hydroxyl groups excluding tert-OH is 1. The Morgan fingerprint density at radius 2 is 2.00 bits per heavy atom. The van der Waals surface area contributed by atoms with Gasteiger partial charge in [0.25, 0.3) is 0 Å². The van der Waals surface area contributed by atoms with Gasteiger partial charge in [-0.05, 0) is 25.8 Å². The van der Waals surface area contributed by atoms with Gasteiger partial charge in [0.1, 0.15) is 12.4 Å². The molecular weight excluding hydrogens is 453 g/mol. The lowest BCUT2D eigenvalue weighted by molar-refractivity contribution is 0.0973. The maximum absolute atomic E-state index is 9.93. The monoisotopic (exact) mass is 477 g/mol. The van der Waals surface area contributed by atoms with Crippen LogP contribution in [0.4, 0.5) is 11.8 Å². The lowest BCUT2D eigenvalue weighted by Gasteiger charge is -2.41. The van der Waals surface area contributed by atoms with Crippen molar-refractivity contribution in [2.24, 2.45) is 11.1 Å². The van der Waals surface area contributed by atoms with Crippen LogP contribution in [0, 0.1) is 5.41 Å². The molecule has 3 aromatic rings. The number of hydrogen-bond acceptors (Lipinski definition) is 8. The molecule has 0 bridgehead atoms. The van der Waals surface area contributed by atoms with E-state index in [0.29, 0.717) is 45.2 Å². The molecule has 1 aromatic carbocycles. The zero-order valence-electron chi connectivity index (χ0n) is 17.6. The fourth-order valence-corrected chi connectivity index (χ4v) is 5.31. The number of rotatable bonds is 3. The second kappa shape index (κ2) is 8.00. The molecule has 9 nitrogen and oxygen atoms in total. The van der Waals surface area contributed by atoms with E-state index in [1.54, 1.807) is 16.5 Å². The lowest BCUT2D eigenvalue weighted by Crippen LogP contribution is -2.51. The second-order valence-corrected chi connectivity index (χ2v) is 9.38. The lowest BCUT2D eigenvalue weighted by atomic mass is 9.73. The molecule has 11 heteroatoms. The van der Waals surface area contributed by atoms with Crippen LogP contribution < -0.4 is 16.4 Å². The van der Waals surface area contributed by atoms with Gasteiger partial charge in [-0.1, -0.05) is 35.3 Å². The zero-order chi connectivity index (χ0) is 22.6. The summed E-state index contributed by atoms with van der Waals surface area (Å²) < 4.78 is 7.58. The molecule has 0 saturated carbocycles. The van der Waals surface area contributed by atoms with Crippen molar-refractivity contribution in [3.8, 4) is 11.1 Å². The number of nitrogens with zero attached hydrogens (tertiary/aromatic N) is 5. The van der Waals surface area contributed by atoms with Gasteiger partial charge in [-0.2, -0.15) is 4.98 Å². The van der Waals surface area contributed by atoms with Crippen LogP contribution >= 0.6 is 23.2 Å².